The second-order valence-corrected chi connectivity index (χ2v) is 5.14. The van der Waals surface area contributed by atoms with E-state index in [1.807, 2.05) is 40.7 Å². The molecule has 0 atom stereocenters. The Labute approximate surface area is 107 Å². The monoisotopic (exact) mass is 261 g/mol. The average molecular weight is 261 g/mol. The van der Waals surface area contributed by atoms with Gasteiger partial charge in [-0.1, -0.05) is 11.3 Å². The zero-order valence-electron chi connectivity index (χ0n) is 9.91. The molecule has 6 heteroatoms. The summed E-state index contributed by atoms with van der Waals surface area (Å²) in [6.07, 6.45) is 5.82. The first-order valence-electron chi connectivity index (χ1n) is 5.40. The van der Waals surface area contributed by atoms with Crippen molar-refractivity contribution in [3.05, 3.63) is 35.2 Å². The van der Waals surface area contributed by atoms with Crippen molar-refractivity contribution in [1.82, 2.24) is 14.0 Å². The molecule has 0 fully saturated rings. The van der Waals surface area contributed by atoms with Crippen molar-refractivity contribution in [2.24, 2.45) is 7.05 Å². The van der Waals surface area contributed by atoms with Gasteiger partial charge in [-0.3, -0.25) is 4.40 Å². The molecule has 3 heterocycles. The maximum absolute atomic E-state index is 11.0. The second kappa shape index (κ2) is 3.71. The molecule has 0 saturated carbocycles. The number of aromatic carboxylic acids is 1. The van der Waals surface area contributed by atoms with E-state index in [1.54, 1.807) is 6.92 Å². The third kappa shape index (κ3) is 1.53. The minimum absolute atomic E-state index is 0.345. The van der Waals surface area contributed by atoms with Gasteiger partial charge in [0.2, 0.25) is 0 Å². The van der Waals surface area contributed by atoms with Crippen LogP contribution in [0.5, 0.6) is 0 Å². The van der Waals surface area contributed by atoms with Crippen molar-refractivity contribution in [2.75, 3.05) is 0 Å². The molecule has 0 spiro atoms. The highest BCUT2D eigenvalue weighted by Gasteiger charge is 2.17. The van der Waals surface area contributed by atoms with Crippen LogP contribution in [0, 0.1) is 6.92 Å². The average Bonchev–Trinajstić information content (AvgIpc) is 2.95. The lowest BCUT2D eigenvalue weighted by Gasteiger charge is -1.92. The van der Waals surface area contributed by atoms with Crippen LogP contribution < -0.4 is 0 Å². The van der Waals surface area contributed by atoms with Crippen molar-refractivity contribution in [3.63, 3.8) is 0 Å². The van der Waals surface area contributed by atoms with Crippen LogP contribution in [0.2, 0.25) is 0 Å². The Hall–Kier alpha value is -2.08. The predicted molar refractivity (Wildman–Crippen MR) is 69.2 cm³/mol. The highest BCUT2D eigenvalue weighted by atomic mass is 32.1. The van der Waals surface area contributed by atoms with Crippen molar-refractivity contribution in [1.29, 1.82) is 0 Å². The quantitative estimate of drug-likeness (QED) is 0.770. The zero-order valence-corrected chi connectivity index (χ0v) is 10.7. The van der Waals surface area contributed by atoms with Crippen LogP contribution >= 0.6 is 11.3 Å². The number of fused-ring (bicyclic) bond motifs is 1. The van der Waals surface area contributed by atoms with Gasteiger partial charge in [0.1, 0.15) is 4.88 Å². The molecule has 5 nitrogen and oxygen atoms in total. The number of aryl methyl sites for hydroxylation is 2. The van der Waals surface area contributed by atoms with Crippen molar-refractivity contribution < 1.29 is 9.90 Å². The summed E-state index contributed by atoms with van der Waals surface area (Å²) in [4.78, 5) is 16.5. The fraction of sp³-hybridized carbons (Fsp3) is 0.167. The maximum atomic E-state index is 11.0. The van der Waals surface area contributed by atoms with E-state index in [0.717, 1.165) is 17.0 Å². The molecule has 18 heavy (non-hydrogen) atoms. The van der Waals surface area contributed by atoms with Gasteiger partial charge in [0.25, 0.3) is 0 Å². The van der Waals surface area contributed by atoms with Gasteiger partial charge in [0.15, 0.2) is 4.96 Å². The number of rotatable bonds is 2. The largest absolute Gasteiger partial charge is 0.477 e. The molecule has 0 aliphatic carbocycles. The summed E-state index contributed by atoms with van der Waals surface area (Å²) in [6.45, 7) is 1.80. The van der Waals surface area contributed by atoms with Crippen LogP contribution in [-0.2, 0) is 7.05 Å². The number of hydrogen-bond acceptors (Lipinski definition) is 3. The van der Waals surface area contributed by atoms with E-state index in [0.29, 0.717) is 9.84 Å². The summed E-state index contributed by atoms with van der Waals surface area (Å²) in [5, 5.41) is 9.04. The number of nitrogens with zero attached hydrogens (tertiary/aromatic N) is 3. The Morgan fingerprint density at radius 1 is 1.44 bits per heavy atom. The van der Waals surface area contributed by atoms with Crippen LogP contribution in [0.3, 0.4) is 0 Å². The summed E-state index contributed by atoms with van der Waals surface area (Å²) < 4.78 is 3.79. The van der Waals surface area contributed by atoms with E-state index < -0.39 is 5.97 Å². The van der Waals surface area contributed by atoms with Crippen LogP contribution in [0.1, 0.15) is 15.4 Å². The van der Waals surface area contributed by atoms with E-state index >= 15 is 0 Å². The molecule has 3 rings (SSSR count). The van der Waals surface area contributed by atoms with Crippen molar-refractivity contribution >= 4 is 22.3 Å². The van der Waals surface area contributed by atoms with Crippen LogP contribution in [0.15, 0.2) is 24.7 Å². The number of carboxylic acid groups (broad SMARTS) is 1. The molecular formula is C12H11N3O2S. The molecule has 3 aromatic rings. The third-order valence-corrected chi connectivity index (χ3v) is 4.02. The van der Waals surface area contributed by atoms with Gasteiger partial charge in [-0.25, -0.2) is 9.78 Å². The number of imidazole rings is 1. The van der Waals surface area contributed by atoms with Gasteiger partial charge >= 0.3 is 5.97 Å². The van der Waals surface area contributed by atoms with E-state index in [4.69, 9.17) is 5.11 Å². The van der Waals surface area contributed by atoms with Gasteiger partial charge in [-0.05, 0) is 13.0 Å². The molecule has 0 bridgehead atoms. The normalized spacial score (nSPS) is 11.2. The fourth-order valence-electron chi connectivity index (χ4n) is 1.94. The zero-order chi connectivity index (χ0) is 12.9. The van der Waals surface area contributed by atoms with Crippen molar-refractivity contribution in [2.45, 2.75) is 6.92 Å². The summed E-state index contributed by atoms with van der Waals surface area (Å²) in [7, 11) is 1.95. The van der Waals surface area contributed by atoms with Gasteiger partial charge in [0, 0.05) is 36.9 Å². The number of thiazole rings is 1. The number of carbonyl (C=O) groups is 1. The summed E-state index contributed by atoms with van der Waals surface area (Å²) in [6, 6.07) is 1.99. The Morgan fingerprint density at radius 3 is 2.78 bits per heavy atom. The Balaban J connectivity index is 2.16. The lowest BCUT2D eigenvalue weighted by atomic mass is 10.3. The Morgan fingerprint density at radius 2 is 2.22 bits per heavy atom. The van der Waals surface area contributed by atoms with Crippen LogP contribution in [0.25, 0.3) is 16.2 Å². The summed E-state index contributed by atoms with van der Waals surface area (Å²) >= 11 is 1.20. The molecule has 0 aromatic carbocycles. The third-order valence-electron chi connectivity index (χ3n) is 2.88. The maximum Gasteiger partial charge on any atom is 0.347 e. The smallest absolute Gasteiger partial charge is 0.347 e. The van der Waals surface area contributed by atoms with Gasteiger partial charge in [-0.15, -0.1) is 0 Å². The molecule has 0 saturated heterocycles. The van der Waals surface area contributed by atoms with Gasteiger partial charge < -0.3 is 9.67 Å². The molecule has 1 N–H and O–H groups in total. The lowest BCUT2D eigenvalue weighted by Crippen LogP contribution is -1.96. The van der Waals surface area contributed by atoms with Gasteiger partial charge in [0.05, 0.1) is 5.69 Å². The minimum Gasteiger partial charge on any atom is -0.477 e. The molecule has 0 aliphatic rings. The molecule has 0 amide bonds. The second-order valence-electron chi connectivity index (χ2n) is 4.17. The Bertz CT molecular complexity index is 751. The van der Waals surface area contributed by atoms with Crippen LogP contribution in [-0.4, -0.2) is 25.0 Å². The van der Waals surface area contributed by atoms with E-state index in [1.165, 1.54) is 11.3 Å². The summed E-state index contributed by atoms with van der Waals surface area (Å²) in [5.41, 5.74) is 2.61. The lowest BCUT2D eigenvalue weighted by molar-refractivity contribution is 0.0701. The standard InChI is InChI=1S/C12H11N3O2S/c1-7-10(11(16)17)18-12-13-9(6-15(7)12)8-3-4-14(2)5-8/h3-6H,1-2H3,(H,16,17). The molecule has 0 aliphatic heterocycles. The van der Waals surface area contributed by atoms with Crippen molar-refractivity contribution in [3.8, 4) is 11.3 Å². The van der Waals surface area contributed by atoms with Gasteiger partial charge in [-0.2, -0.15) is 0 Å². The topological polar surface area (TPSA) is 59.5 Å². The predicted octanol–water partition coefficient (Wildman–Crippen LogP) is 2.41. The number of aromatic nitrogens is 3. The molecule has 3 aromatic heterocycles. The van der Waals surface area contributed by atoms with E-state index in [2.05, 4.69) is 4.98 Å². The summed E-state index contributed by atoms with van der Waals surface area (Å²) in [5.74, 6) is -0.899. The van der Waals surface area contributed by atoms with E-state index in [9.17, 15) is 4.79 Å². The molecule has 0 unspecified atom stereocenters. The molecule has 92 valence electrons. The number of carboxylic acids is 1. The molecular weight excluding hydrogens is 250 g/mol. The Kier molecular flexibility index (Phi) is 2.27. The SMILES string of the molecule is Cc1c(C(=O)O)sc2nc(-c3ccn(C)c3)cn12. The first-order chi connectivity index (χ1) is 8.56. The van der Waals surface area contributed by atoms with Crippen LogP contribution in [0.4, 0.5) is 0 Å². The minimum atomic E-state index is -0.899. The molecule has 0 radical (unpaired) electrons. The number of hydrogen-bond donors (Lipinski definition) is 1. The highest BCUT2D eigenvalue weighted by Crippen LogP contribution is 2.27. The van der Waals surface area contributed by atoms with E-state index in [-0.39, 0.29) is 0 Å². The first-order valence-corrected chi connectivity index (χ1v) is 6.22. The highest BCUT2D eigenvalue weighted by molar-refractivity contribution is 7.19. The fourth-order valence-corrected chi connectivity index (χ4v) is 2.89. The first kappa shape index (κ1) is 11.0.